The minimum absolute atomic E-state index is 0.474. The van der Waals surface area contributed by atoms with Crippen molar-refractivity contribution in [1.82, 2.24) is 20.2 Å². The van der Waals surface area contributed by atoms with Crippen LogP contribution in [0.5, 0.6) is 0 Å². The van der Waals surface area contributed by atoms with Crippen LogP contribution in [0.4, 0.5) is 17.1 Å². The SMILES string of the molecule is c1ccc(-c2nnc(-c3ccc(N(c4ccccc4)c4cccc5c(-c6nc7ccccc7nc6-c6ccccc6)cccc45)cc3)o2)cc1. The van der Waals surface area contributed by atoms with Gasteiger partial charge in [-0.3, -0.25) is 0 Å². The van der Waals surface area contributed by atoms with E-state index in [1.165, 1.54) is 0 Å². The van der Waals surface area contributed by atoms with Crippen molar-refractivity contribution in [3.63, 3.8) is 0 Å². The number of hydrogen-bond acceptors (Lipinski definition) is 6. The lowest BCUT2D eigenvalue weighted by atomic mass is 9.96. The number of anilines is 3. The largest absolute Gasteiger partial charge is 0.416 e. The van der Waals surface area contributed by atoms with Gasteiger partial charge >= 0.3 is 0 Å². The smallest absolute Gasteiger partial charge is 0.248 e. The summed E-state index contributed by atoms with van der Waals surface area (Å²) in [6, 6.07) is 59.7. The zero-order chi connectivity index (χ0) is 33.3. The monoisotopic (exact) mass is 643 g/mol. The number of para-hydroxylation sites is 3. The highest BCUT2D eigenvalue weighted by atomic mass is 16.4. The Morgan fingerprint density at radius 2 is 0.900 bits per heavy atom. The fraction of sp³-hybridized carbons (Fsp3) is 0. The molecule has 236 valence electrons. The van der Waals surface area contributed by atoms with Gasteiger partial charge in [0.25, 0.3) is 0 Å². The molecule has 6 heteroatoms. The third kappa shape index (κ3) is 5.35. The van der Waals surface area contributed by atoms with Crippen molar-refractivity contribution < 1.29 is 4.42 Å². The molecule has 0 bridgehead atoms. The van der Waals surface area contributed by atoms with Crippen molar-refractivity contribution in [1.29, 1.82) is 0 Å². The van der Waals surface area contributed by atoms with Crippen molar-refractivity contribution >= 4 is 38.9 Å². The first-order chi connectivity index (χ1) is 24.8. The summed E-state index contributed by atoms with van der Waals surface area (Å²) in [5.74, 6) is 0.968. The Hall–Kier alpha value is -6.92. The third-order valence-electron chi connectivity index (χ3n) is 8.85. The van der Waals surface area contributed by atoms with Gasteiger partial charge in [0.15, 0.2) is 0 Å². The van der Waals surface area contributed by atoms with Crippen molar-refractivity contribution in [3.05, 3.63) is 176 Å². The van der Waals surface area contributed by atoms with E-state index in [0.29, 0.717) is 11.8 Å². The van der Waals surface area contributed by atoms with Crippen LogP contribution in [0, 0.1) is 0 Å². The molecule has 6 nitrogen and oxygen atoms in total. The summed E-state index contributed by atoms with van der Waals surface area (Å²) in [6.45, 7) is 0. The van der Waals surface area contributed by atoms with Gasteiger partial charge in [0.2, 0.25) is 11.8 Å². The summed E-state index contributed by atoms with van der Waals surface area (Å²) in [4.78, 5) is 12.7. The molecule has 2 aromatic heterocycles. The van der Waals surface area contributed by atoms with Crippen LogP contribution in [0.3, 0.4) is 0 Å². The lowest BCUT2D eigenvalue weighted by Gasteiger charge is -2.27. The Morgan fingerprint density at radius 3 is 1.58 bits per heavy atom. The summed E-state index contributed by atoms with van der Waals surface area (Å²) in [5.41, 5.74) is 10.3. The molecule has 0 aliphatic heterocycles. The first kappa shape index (κ1) is 29.2. The maximum atomic E-state index is 6.06. The van der Waals surface area contributed by atoms with Gasteiger partial charge in [-0.15, -0.1) is 10.2 Å². The van der Waals surface area contributed by atoms with Gasteiger partial charge in [0, 0.05) is 39.0 Å². The molecule has 9 rings (SSSR count). The molecule has 0 fully saturated rings. The molecule has 0 amide bonds. The Balaban J connectivity index is 1.18. The van der Waals surface area contributed by atoms with E-state index in [4.69, 9.17) is 14.4 Å². The molecular formula is C44H29N5O. The Morgan fingerprint density at radius 1 is 0.380 bits per heavy atom. The third-order valence-corrected chi connectivity index (χ3v) is 8.85. The Labute approximate surface area is 289 Å². The topological polar surface area (TPSA) is 67.9 Å². The molecular weight excluding hydrogens is 615 g/mol. The van der Waals surface area contributed by atoms with Crippen molar-refractivity contribution in [2.75, 3.05) is 4.90 Å². The summed E-state index contributed by atoms with van der Waals surface area (Å²) in [5, 5.41) is 10.8. The predicted octanol–water partition coefficient (Wildman–Crippen LogP) is 11.3. The second-order valence-corrected chi connectivity index (χ2v) is 11.9. The van der Waals surface area contributed by atoms with Crippen LogP contribution in [-0.4, -0.2) is 20.2 Å². The molecule has 7 aromatic carbocycles. The molecule has 50 heavy (non-hydrogen) atoms. The van der Waals surface area contributed by atoms with E-state index in [0.717, 1.165) is 72.5 Å². The standard InChI is InChI=1S/C44H29N5O/c1-4-14-30(15-5-1)41-42(46-39-24-11-10-23-38(39)45-41)37-22-12-21-36-35(37)20-13-25-40(36)49(33-18-8-3-9-19-33)34-28-26-32(27-29-34)44-48-47-43(50-44)31-16-6-2-7-17-31/h1-29H. The average molecular weight is 644 g/mol. The van der Waals surface area contributed by atoms with Crippen LogP contribution in [0.15, 0.2) is 180 Å². The quantitative estimate of drug-likeness (QED) is 0.172. The number of hydrogen-bond donors (Lipinski definition) is 0. The van der Waals surface area contributed by atoms with Crippen LogP contribution in [-0.2, 0) is 0 Å². The van der Waals surface area contributed by atoms with E-state index in [-0.39, 0.29) is 0 Å². The molecule has 0 spiro atoms. The summed E-state index contributed by atoms with van der Waals surface area (Å²) < 4.78 is 6.06. The van der Waals surface area contributed by atoms with Gasteiger partial charge in [-0.2, -0.15) is 0 Å². The lowest BCUT2D eigenvalue weighted by Crippen LogP contribution is -2.10. The zero-order valence-corrected chi connectivity index (χ0v) is 26.9. The van der Waals surface area contributed by atoms with E-state index in [1.54, 1.807) is 0 Å². The molecule has 0 saturated carbocycles. The lowest BCUT2D eigenvalue weighted by molar-refractivity contribution is 0.584. The summed E-state index contributed by atoms with van der Waals surface area (Å²) >= 11 is 0. The van der Waals surface area contributed by atoms with Crippen molar-refractivity contribution in [2.24, 2.45) is 0 Å². The highest BCUT2D eigenvalue weighted by Gasteiger charge is 2.20. The van der Waals surface area contributed by atoms with Gasteiger partial charge in [0.1, 0.15) is 0 Å². The van der Waals surface area contributed by atoms with Gasteiger partial charge in [0.05, 0.1) is 28.1 Å². The second-order valence-electron chi connectivity index (χ2n) is 11.9. The van der Waals surface area contributed by atoms with E-state index in [2.05, 4.69) is 100 Å². The van der Waals surface area contributed by atoms with E-state index in [1.807, 2.05) is 91.0 Å². The van der Waals surface area contributed by atoms with E-state index >= 15 is 0 Å². The van der Waals surface area contributed by atoms with Gasteiger partial charge in [-0.25, -0.2) is 9.97 Å². The molecule has 0 aliphatic rings. The van der Waals surface area contributed by atoms with E-state index in [9.17, 15) is 0 Å². The van der Waals surface area contributed by atoms with Crippen LogP contribution in [0.2, 0.25) is 0 Å². The number of aromatic nitrogens is 4. The van der Waals surface area contributed by atoms with Gasteiger partial charge < -0.3 is 9.32 Å². The van der Waals surface area contributed by atoms with E-state index < -0.39 is 0 Å². The van der Waals surface area contributed by atoms with Crippen LogP contribution in [0.25, 0.3) is 67.2 Å². The molecule has 0 radical (unpaired) electrons. The highest BCUT2D eigenvalue weighted by molar-refractivity contribution is 6.07. The predicted molar refractivity (Wildman–Crippen MR) is 201 cm³/mol. The Bertz CT molecular complexity index is 2590. The summed E-state index contributed by atoms with van der Waals surface area (Å²) in [7, 11) is 0. The molecule has 9 aromatic rings. The Kier molecular flexibility index (Phi) is 7.37. The summed E-state index contributed by atoms with van der Waals surface area (Å²) in [6.07, 6.45) is 0. The fourth-order valence-corrected chi connectivity index (χ4v) is 6.47. The molecule has 0 unspecified atom stereocenters. The fourth-order valence-electron chi connectivity index (χ4n) is 6.47. The minimum Gasteiger partial charge on any atom is -0.416 e. The minimum atomic E-state index is 0.474. The average Bonchev–Trinajstić information content (AvgIpc) is 3.70. The second kappa shape index (κ2) is 12.6. The molecule has 0 aliphatic carbocycles. The highest BCUT2D eigenvalue weighted by Crippen LogP contribution is 2.42. The normalized spacial score (nSPS) is 11.2. The van der Waals surface area contributed by atoms with Crippen LogP contribution >= 0.6 is 0 Å². The van der Waals surface area contributed by atoms with Crippen LogP contribution in [0.1, 0.15) is 0 Å². The molecule has 0 N–H and O–H groups in total. The number of nitrogens with zero attached hydrogens (tertiary/aromatic N) is 5. The van der Waals surface area contributed by atoms with Gasteiger partial charge in [-0.1, -0.05) is 109 Å². The first-order valence-corrected chi connectivity index (χ1v) is 16.5. The molecule has 2 heterocycles. The number of fused-ring (bicyclic) bond motifs is 2. The van der Waals surface area contributed by atoms with Gasteiger partial charge in [-0.05, 0) is 72.1 Å². The number of rotatable bonds is 7. The van der Waals surface area contributed by atoms with Crippen LogP contribution < -0.4 is 4.90 Å². The van der Waals surface area contributed by atoms with Crippen molar-refractivity contribution in [2.45, 2.75) is 0 Å². The molecule has 0 atom stereocenters. The number of benzene rings is 7. The maximum absolute atomic E-state index is 6.06. The maximum Gasteiger partial charge on any atom is 0.248 e. The molecule has 0 saturated heterocycles. The zero-order valence-electron chi connectivity index (χ0n) is 26.9. The van der Waals surface area contributed by atoms with Crippen molar-refractivity contribution in [3.8, 4) is 45.4 Å². The first-order valence-electron chi connectivity index (χ1n) is 16.5.